The van der Waals surface area contributed by atoms with E-state index in [0.29, 0.717) is 5.92 Å². The normalized spacial score (nSPS) is 15.7. The first-order valence-corrected chi connectivity index (χ1v) is 19.8. The summed E-state index contributed by atoms with van der Waals surface area (Å²) >= 11 is -0.746. The number of rotatable bonds is 5. The van der Waals surface area contributed by atoms with E-state index in [0.717, 1.165) is 12.8 Å². The van der Waals surface area contributed by atoms with E-state index in [1.54, 1.807) is 17.7 Å². The molecule has 0 saturated carbocycles. The average molecular weight is 705 g/mol. The Bertz CT molecular complexity index is 1690. The number of allylic oxidation sites excluding steroid dienone is 4. The fraction of sp³-hybridized carbons (Fsp3) is 0.308. The van der Waals surface area contributed by atoms with Crippen LogP contribution in [0.1, 0.15) is 81.8 Å². The maximum absolute atomic E-state index is 2.82. The molecule has 2 aliphatic rings. The number of hydrogen-bond donors (Lipinski definition) is 0. The number of benzene rings is 3. The molecule has 1 heterocycles. The number of fused-ring (bicyclic) bond motifs is 3. The van der Waals surface area contributed by atoms with Gasteiger partial charge in [-0.3, -0.25) is 0 Å². The van der Waals surface area contributed by atoms with Gasteiger partial charge in [-0.25, -0.2) is 0 Å². The minimum Gasteiger partial charge on any atom is -1.00 e. The minimum atomic E-state index is -2.56. The van der Waals surface area contributed by atoms with Crippen LogP contribution >= 0.6 is 11.3 Å². The van der Waals surface area contributed by atoms with Gasteiger partial charge in [0.05, 0.1) is 0 Å². The van der Waals surface area contributed by atoms with E-state index in [9.17, 15) is 0 Å². The second kappa shape index (κ2) is 13.3. The molecule has 6 rings (SSSR count). The van der Waals surface area contributed by atoms with Gasteiger partial charge in [-0.15, -0.1) is 0 Å². The second-order valence-corrected chi connectivity index (χ2v) is 20.2. The third kappa shape index (κ3) is 6.74. The first-order chi connectivity index (χ1) is 19.5. The topological polar surface area (TPSA) is 0 Å². The molecule has 1 aromatic heterocycles. The van der Waals surface area contributed by atoms with Gasteiger partial charge in [-0.1, -0.05) is 0 Å². The van der Waals surface area contributed by atoms with Gasteiger partial charge in [0.15, 0.2) is 0 Å². The first-order valence-electron chi connectivity index (χ1n) is 15.0. The van der Waals surface area contributed by atoms with Crippen molar-refractivity contribution in [3.05, 3.63) is 126 Å². The summed E-state index contributed by atoms with van der Waals surface area (Å²) in [5.74, 6) is 0.478. The first kappa shape index (κ1) is 34.1. The van der Waals surface area contributed by atoms with Crippen LogP contribution in [0.25, 0.3) is 16.7 Å². The Morgan fingerprint density at radius 3 is 2.23 bits per heavy atom. The summed E-state index contributed by atoms with van der Waals surface area (Å²) < 4.78 is 6.30. The van der Waals surface area contributed by atoms with E-state index >= 15 is 0 Å². The van der Waals surface area contributed by atoms with Gasteiger partial charge in [0.2, 0.25) is 0 Å². The molecule has 43 heavy (non-hydrogen) atoms. The van der Waals surface area contributed by atoms with Crippen LogP contribution in [0.4, 0.5) is 0 Å². The summed E-state index contributed by atoms with van der Waals surface area (Å²) in [7, 11) is 0. The second-order valence-electron chi connectivity index (χ2n) is 13.9. The van der Waals surface area contributed by atoms with Crippen molar-refractivity contribution in [1.82, 2.24) is 0 Å². The van der Waals surface area contributed by atoms with Crippen molar-refractivity contribution < 1.29 is 46.1 Å². The average Bonchev–Trinajstić information content (AvgIpc) is 3.67. The van der Waals surface area contributed by atoms with Gasteiger partial charge in [-0.2, -0.15) is 0 Å². The molecule has 0 nitrogen and oxygen atoms in total. The fourth-order valence-electron chi connectivity index (χ4n) is 6.59. The summed E-state index contributed by atoms with van der Waals surface area (Å²) in [6.45, 7) is 16.7. The van der Waals surface area contributed by atoms with Gasteiger partial charge in [0.25, 0.3) is 0 Å². The predicted octanol–water partition coefficient (Wildman–Crippen LogP) is 3.83. The van der Waals surface area contributed by atoms with Crippen molar-refractivity contribution >= 4 is 23.9 Å². The fourth-order valence-corrected chi connectivity index (χ4v) is 15.9. The summed E-state index contributed by atoms with van der Waals surface area (Å²) in [5, 5.41) is 4.58. The molecule has 0 bridgehead atoms. The molecule has 0 fully saturated rings. The third-order valence-corrected chi connectivity index (χ3v) is 16.9. The molecule has 0 radical (unpaired) electrons. The molecule has 3 aromatic carbocycles. The quantitative estimate of drug-likeness (QED) is 0.261. The van der Waals surface area contributed by atoms with E-state index in [2.05, 4.69) is 142 Å². The van der Waals surface area contributed by atoms with Gasteiger partial charge >= 0.3 is 261 Å². The van der Waals surface area contributed by atoms with Crippen LogP contribution in [0.5, 0.6) is 0 Å². The van der Waals surface area contributed by atoms with Gasteiger partial charge in [0.1, 0.15) is 0 Å². The monoisotopic (exact) mass is 702 g/mol. The van der Waals surface area contributed by atoms with Crippen molar-refractivity contribution in [2.75, 3.05) is 0 Å². The Morgan fingerprint density at radius 2 is 1.58 bits per heavy atom. The molecule has 0 saturated heterocycles. The van der Waals surface area contributed by atoms with Gasteiger partial charge in [0, 0.05) is 0 Å². The smallest absolute Gasteiger partial charge is 1.00 e. The summed E-state index contributed by atoms with van der Waals surface area (Å²) in [5.41, 5.74) is 13.6. The summed E-state index contributed by atoms with van der Waals surface area (Å²) in [6.07, 6.45) is 6.99. The number of hydrogen-bond acceptors (Lipinski definition) is 1. The van der Waals surface area contributed by atoms with E-state index in [-0.39, 0.29) is 35.6 Å². The zero-order valence-corrected chi connectivity index (χ0v) is 31.2. The maximum Gasteiger partial charge on any atom is -1.00 e. The molecule has 4 aromatic rings. The van der Waals surface area contributed by atoms with Crippen molar-refractivity contribution in [3.63, 3.8) is 0 Å². The standard InChI is InChI=1S/C21H25.C10H9S.C8H8.2ClH.Zr/c1-20(2,3)16-7-9-18-14(12-16)11-15-13-17(21(4,5)6)8-10-19(15)18;1-8-2-3-9(6-8)10-4-5-11-7-10;1-2-8-6-4-3-5-7-8;;;/h7-10,12H,11H2,1-6H3;2-5,7-8H,1H3;1,3-7H,2H2;2*1H;/q;;;;;+2/p-2. The molecule has 222 valence electrons. The van der Waals surface area contributed by atoms with Crippen LogP contribution in [0, 0.1) is 5.92 Å². The molecule has 1 unspecified atom stereocenters. The molecular weight excluding hydrogens is 663 g/mol. The van der Waals surface area contributed by atoms with E-state index in [1.165, 1.54) is 39.0 Å². The molecule has 0 spiro atoms. The minimum absolute atomic E-state index is 0. The van der Waals surface area contributed by atoms with Crippen LogP contribution in [0.15, 0.2) is 92.9 Å². The molecule has 0 aliphatic heterocycles. The molecule has 2 aliphatic carbocycles. The van der Waals surface area contributed by atoms with Crippen molar-refractivity contribution in [3.8, 4) is 11.1 Å². The Balaban J connectivity index is 0.00000212. The van der Waals surface area contributed by atoms with Gasteiger partial charge in [-0.05, 0) is 0 Å². The van der Waals surface area contributed by atoms with Crippen molar-refractivity contribution in [2.24, 2.45) is 5.92 Å². The van der Waals surface area contributed by atoms with Crippen LogP contribution in [-0.2, 0) is 44.9 Å². The largest absolute Gasteiger partial charge is 1.00 e. The molecular formula is C39H42Cl2SZr. The maximum atomic E-state index is 2.82. The Morgan fingerprint density at radius 1 is 0.860 bits per heavy atom. The van der Waals surface area contributed by atoms with Crippen LogP contribution in [0.2, 0.25) is 0 Å². The SMILES string of the molecule is CC1C=CC(c2ccsc2)=[C]1[Zr+2](=[CH]Cc1ccccc1)[c]1c(C(C)(C)C)ccc2c1Cc1cc(C(C)(C)C)ccc1-2.[Cl-].[Cl-]. The molecule has 0 N–H and O–H groups in total. The third-order valence-electron chi connectivity index (χ3n) is 8.82. The zero-order chi connectivity index (χ0) is 28.9. The Hall–Kier alpha value is -1.83. The summed E-state index contributed by atoms with van der Waals surface area (Å²) in [6, 6.07) is 25.7. The Labute approximate surface area is 283 Å². The predicted molar refractivity (Wildman–Crippen MR) is 177 cm³/mol. The molecule has 4 heteroatoms. The Kier molecular flexibility index (Phi) is 10.5. The van der Waals surface area contributed by atoms with Crippen LogP contribution in [0.3, 0.4) is 0 Å². The zero-order valence-electron chi connectivity index (χ0n) is 26.4. The van der Waals surface area contributed by atoms with E-state index in [1.807, 2.05) is 11.3 Å². The number of thiophene rings is 1. The van der Waals surface area contributed by atoms with E-state index < -0.39 is 21.3 Å². The van der Waals surface area contributed by atoms with Crippen LogP contribution < -0.4 is 28.1 Å². The van der Waals surface area contributed by atoms with Crippen molar-refractivity contribution in [2.45, 2.75) is 72.1 Å². The van der Waals surface area contributed by atoms with E-state index in [4.69, 9.17) is 0 Å². The van der Waals surface area contributed by atoms with Crippen molar-refractivity contribution in [1.29, 1.82) is 0 Å². The van der Waals surface area contributed by atoms with Gasteiger partial charge < -0.3 is 24.8 Å². The number of halogens is 2. The molecule has 1 atom stereocenters. The summed E-state index contributed by atoms with van der Waals surface area (Å²) in [4.78, 5) is 0. The van der Waals surface area contributed by atoms with Crippen LogP contribution in [-0.4, -0.2) is 3.71 Å². The molecule has 0 amide bonds.